The van der Waals surface area contributed by atoms with Crippen LogP contribution in [0.1, 0.15) is 0 Å². The molecule has 0 saturated carbocycles. The largest absolute Gasteiger partial charge is 0.468 e. The lowest BCUT2D eigenvalue weighted by Gasteiger charge is -2.13. The van der Waals surface area contributed by atoms with Crippen LogP contribution < -0.4 is 4.90 Å². The Balaban J connectivity index is 2.73. The van der Waals surface area contributed by atoms with Gasteiger partial charge in [-0.25, -0.2) is 4.98 Å². The highest BCUT2D eigenvalue weighted by atomic mass is 16.5. The number of carbonyl (C=O) groups excluding carboxylic acids is 2. The molecule has 14 heavy (non-hydrogen) atoms. The first kappa shape index (κ1) is 10.1. The second kappa shape index (κ2) is 4.90. The van der Waals surface area contributed by atoms with Crippen LogP contribution in [-0.4, -0.2) is 36.0 Å². The maximum Gasteiger partial charge on any atom is 0.325 e. The molecule has 1 rings (SSSR count). The lowest BCUT2D eigenvalue weighted by atomic mass is 10.5. The summed E-state index contributed by atoms with van der Waals surface area (Å²) in [6.45, 7) is -0.168. The van der Waals surface area contributed by atoms with Gasteiger partial charge in [-0.05, 0) is 0 Å². The Kier molecular flexibility index (Phi) is 3.54. The third-order valence-electron chi connectivity index (χ3n) is 1.50. The summed E-state index contributed by atoms with van der Waals surface area (Å²) in [5.41, 5.74) is 0. The minimum absolute atomic E-state index is 0.168. The van der Waals surface area contributed by atoms with Crippen molar-refractivity contribution in [3.63, 3.8) is 0 Å². The zero-order valence-corrected chi connectivity index (χ0v) is 7.58. The van der Waals surface area contributed by atoms with Crippen LogP contribution in [0.4, 0.5) is 5.82 Å². The van der Waals surface area contributed by atoms with E-state index in [1.54, 1.807) is 0 Å². The van der Waals surface area contributed by atoms with Gasteiger partial charge in [0, 0.05) is 12.4 Å². The number of hydrogen-bond acceptors (Lipinski definition) is 5. The lowest BCUT2D eigenvalue weighted by molar-refractivity contribution is -0.139. The molecule has 0 bridgehead atoms. The van der Waals surface area contributed by atoms with Gasteiger partial charge in [0.15, 0.2) is 5.82 Å². The monoisotopic (exact) mass is 195 g/mol. The SMILES string of the molecule is COC(=O)CN(C=O)c1cnccn1. The number of amides is 1. The number of nitrogens with zero attached hydrogens (tertiary/aromatic N) is 3. The van der Waals surface area contributed by atoms with Crippen LogP contribution in [-0.2, 0) is 14.3 Å². The molecule has 0 aromatic carbocycles. The summed E-state index contributed by atoms with van der Waals surface area (Å²) in [4.78, 5) is 30.2. The van der Waals surface area contributed by atoms with Crippen LogP contribution in [0.3, 0.4) is 0 Å². The number of aromatic nitrogens is 2. The summed E-state index contributed by atoms with van der Waals surface area (Å²) < 4.78 is 4.42. The van der Waals surface area contributed by atoms with E-state index in [4.69, 9.17) is 0 Å². The maximum absolute atomic E-state index is 10.9. The smallest absolute Gasteiger partial charge is 0.325 e. The fourth-order valence-electron chi connectivity index (χ4n) is 0.815. The Labute approximate surface area is 80.5 Å². The Morgan fingerprint density at radius 2 is 2.43 bits per heavy atom. The molecule has 1 aromatic heterocycles. The Morgan fingerprint density at radius 3 is 2.93 bits per heavy atom. The van der Waals surface area contributed by atoms with Gasteiger partial charge >= 0.3 is 5.97 Å². The van der Waals surface area contributed by atoms with Crippen LogP contribution in [0.2, 0.25) is 0 Å². The summed E-state index contributed by atoms with van der Waals surface area (Å²) in [6.07, 6.45) is 4.80. The van der Waals surface area contributed by atoms with Crippen LogP contribution in [0.15, 0.2) is 18.6 Å². The van der Waals surface area contributed by atoms with Crippen molar-refractivity contribution in [1.82, 2.24) is 9.97 Å². The molecular weight excluding hydrogens is 186 g/mol. The van der Waals surface area contributed by atoms with E-state index in [0.29, 0.717) is 12.2 Å². The molecule has 0 N–H and O–H groups in total. The molecule has 6 heteroatoms. The molecule has 0 spiro atoms. The van der Waals surface area contributed by atoms with E-state index in [1.807, 2.05) is 0 Å². The van der Waals surface area contributed by atoms with Crippen LogP contribution >= 0.6 is 0 Å². The Morgan fingerprint density at radius 1 is 1.64 bits per heavy atom. The normalized spacial score (nSPS) is 9.21. The van der Waals surface area contributed by atoms with Gasteiger partial charge in [0.2, 0.25) is 6.41 Å². The Bertz CT molecular complexity index is 315. The van der Waals surface area contributed by atoms with Crippen molar-refractivity contribution >= 4 is 18.2 Å². The summed E-state index contributed by atoms with van der Waals surface area (Å²) in [7, 11) is 1.25. The van der Waals surface area contributed by atoms with Crippen molar-refractivity contribution in [2.75, 3.05) is 18.6 Å². The fraction of sp³-hybridized carbons (Fsp3) is 0.250. The van der Waals surface area contributed by atoms with Gasteiger partial charge in [0.05, 0.1) is 13.3 Å². The highest BCUT2D eigenvalue weighted by molar-refractivity contribution is 5.84. The molecule has 0 aliphatic carbocycles. The van der Waals surface area contributed by atoms with Gasteiger partial charge in [0.25, 0.3) is 0 Å². The maximum atomic E-state index is 10.9. The van der Waals surface area contributed by atoms with Crippen molar-refractivity contribution in [2.45, 2.75) is 0 Å². The lowest BCUT2D eigenvalue weighted by Crippen LogP contribution is -2.29. The first-order valence-corrected chi connectivity index (χ1v) is 3.82. The summed E-state index contributed by atoms with van der Waals surface area (Å²) >= 11 is 0. The van der Waals surface area contributed by atoms with E-state index in [0.717, 1.165) is 4.90 Å². The van der Waals surface area contributed by atoms with Gasteiger partial charge in [-0.2, -0.15) is 0 Å². The average Bonchev–Trinajstić information content (AvgIpc) is 2.26. The average molecular weight is 195 g/mol. The molecule has 6 nitrogen and oxygen atoms in total. The number of carbonyl (C=O) groups is 2. The molecule has 0 radical (unpaired) electrons. The number of anilines is 1. The number of methoxy groups -OCH3 is 1. The first-order valence-electron chi connectivity index (χ1n) is 3.82. The molecule has 0 unspecified atom stereocenters. The molecule has 1 heterocycles. The first-order chi connectivity index (χ1) is 6.77. The third-order valence-corrected chi connectivity index (χ3v) is 1.50. The van der Waals surface area contributed by atoms with E-state index in [-0.39, 0.29) is 6.54 Å². The molecule has 0 aliphatic rings. The molecule has 74 valence electrons. The molecule has 0 atom stereocenters. The van der Waals surface area contributed by atoms with Gasteiger partial charge < -0.3 is 4.74 Å². The zero-order chi connectivity index (χ0) is 10.4. The summed E-state index contributed by atoms with van der Waals surface area (Å²) in [5, 5.41) is 0. The summed E-state index contributed by atoms with van der Waals surface area (Å²) in [6, 6.07) is 0. The number of rotatable bonds is 4. The van der Waals surface area contributed by atoms with Gasteiger partial charge in [0.1, 0.15) is 6.54 Å². The summed E-state index contributed by atoms with van der Waals surface area (Å²) in [5.74, 6) is -0.198. The van der Waals surface area contributed by atoms with Crippen molar-refractivity contribution in [1.29, 1.82) is 0 Å². The van der Waals surface area contributed by atoms with Gasteiger partial charge in [-0.1, -0.05) is 0 Å². The highest BCUT2D eigenvalue weighted by Gasteiger charge is 2.11. The molecule has 0 saturated heterocycles. The van der Waals surface area contributed by atoms with Crippen LogP contribution in [0, 0.1) is 0 Å². The molecule has 0 fully saturated rings. The van der Waals surface area contributed by atoms with E-state index >= 15 is 0 Å². The molecule has 1 aromatic rings. The minimum Gasteiger partial charge on any atom is -0.468 e. The Hall–Kier alpha value is -1.98. The van der Waals surface area contributed by atoms with Crippen LogP contribution in [0.25, 0.3) is 0 Å². The fourth-order valence-corrected chi connectivity index (χ4v) is 0.815. The number of ether oxygens (including phenoxy) is 1. The minimum atomic E-state index is -0.511. The van der Waals surface area contributed by atoms with Crippen molar-refractivity contribution in [2.24, 2.45) is 0 Å². The standard InChI is InChI=1S/C8H9N3O3/c1-14-8(13)5-11(6-12)7-4-9-2-3-10-7/h2-4,6H,5H2,1H3. The molecular formula is C8H9N3O3. The molecule has 0 aliphatic heterocycles. The second-order valence-electron chi connectivity index (χ2n) is 2.37. The van der Waals surface area contributed by atoms with Crippen molar-refractivity contribution in [3.05, 3.63) is 18.6 Å². The van der Waals surface area contributed by atoms with E-state index < -0.39 is 5.97 Å². The zero-order valence-electron chi connectivity index (χ0n) is 7.58. The van der Waals surface area contributed by atoms with E-state index in [1.165, 1.54) is 25.7 Å². The topological polar surface area (TPSA) is 72.4 Å². The second-order valence-corrected chi connectivity index (χ2v) is 2.37. The van der Waals surface area contributed by atoms with Crippen LogP contribution in [0.5, 0.6) is 0 Å². The van der Waals surface area contributed by atoms with E-state index in [2.05, 4.69) is 14.7 Å². The van der Waals surface area contributed by atoms with Crippen molar-refractivity contribution in [3.8, 4) is 0 Å². The number of esters is 1. The quantitative estimate of drug-likeness (QED) is 0.483. The number of hydrogen-bond donors (Lipinski definition) is 0. The molecule has 1 amide bonds. The predicted octanol–water partition coefficient (Wildman–Crippen LogP) is -0.388. The highest BCUT2D eigenvalue weighted by Crippen LogP contribution is 2.04. The van der Waals surface area contributed by atoms with Gasteiger partial charge in [-0.3, -0.25) is 19.5 Å². The van der Waals surface area contributed by atoms with Crippen molar-refractivity contribution < 1.29 is 14.3 Å². The predicted molar refractivity (Wildman–Crippen MR) is 47.5 cm³/mol. The van der Waals surface area contributed by atoms with E-state index in [9.17, 15) is 9.59 Å². The van der Waals surface area contributed by atoms with Gasteiger partial charge in [-0.15, -0.1) is 0 Å². The third kappa shape index (κ3) is 2.51.